The molecule has 0 bridgehead atoms. The molecule has 6 heteroatoms. The zero-order valence-corrected chi connectivity index (χ0v) is 12.8. The van der Waals surface area contributed by atoms with Gasteiger partial charge in [-0.2, -0.15) is 0 Å². The van der Waals surface area contributed by atoms with Crippen molar-refractivity contribution in [1.82, 2.24) is 0 Å². The summed E-state index contributed by atoms with van der Waals surface area (Å²) in [5, 5.41) is 17.2. The number of thiophene rings is 1. The van der Waals surface area contributed by atoms with Gasteiger partial charge in [0.25, 0.3) is 0 Å². The summed E-state index contributed by atoms with van der Waals surface area (Å²) in [6.07, 6.45) is 0.856. The van der Waals surface area contributed by atoms with Crippen LogP contribution in [0, 0.1) is 5.92 Å². The second-order valence-electron chi connectivity index (χ2n) is 5.23. The van der Waals surface area contributed by atoms with Crippen LogP contribution in [-0.4, -0.2) is 19.1 Å². The lowest BCUT2D eigenvalue weighted by molar-refractivity contribution is 0.0288. The second kappa shape index (κ2) is 5.28. The Morgan fingerprint density at radius 1 is 1.50 bits per heavy atom. The molecule has 0 saturated heterocycles. The Kier molecular flexibility index (Phi) is 4.59. The Balaban J connectivity index is 3.37. The minimum Gasteiger partial charge on any atom is -0.390 e. The summed E-state index contributed by atoms with van der Waals surface area (Å²) in [5.41, 5.74) is -0.361. The van der Waals surface area contributed by atoms with Crippen molar-refractivity contribution in [2.24, 2.45) is 11.1 Å². The molecule has 4 nitrogen and oxygen atoms in total. The van der Waals surface area contributed by atoms with Gasteiger partial charge in [-0.15, -0.1) is 11.3 Å². The van der Waals surface area contributed by atoms with Crippen LogP contribution in [0.3, 0.4) is 0 Å². The van der Waals surface area contributed by atoms with Crippen LogP contribution in [-0.2, 0) is 10.0 Å². The molecule has 0 unspecified atom stereocenters. The van der Waals surface area contributed by atoms with Crippen LogP contribution < -0.4 is 5.14 Å². The zero-order chi connectivity index (χ0) is 14.1. The SMILES string of the molecule is CC[C@H](C)[C@@H](c1ccsc1S(N)(=O)=O)C(C)(C)O. The lowest BCUT2D eigenvalue weighted by Crippen LogP contribution is -2.34. The van der Waals surface area contributed by atoms with Gasteiger partial charge in [0.15, 0.2) is 0 Å². The van der Waals surface area contributed by atoms with E-state index >= 15 is 0 Å². The van der Waals surface area contributed by atoms with Crippen molar-refractivity contribution in [3.05, 3.63) is 17.0 Å². The summed E-state index contributed by atoms with van der Waals surface area (Å²) in [5.74, 6) is -0.0813. The van der Waals surface area contributed by atoms with Crippen molar-refractivity contribution in [3.63, 3.8) is 0 Å². The van der Waals surface area contributed by atoms with E-state index in [0.29, 0.717) is 5.56 Å². The summed E-state index contributed by atoms with van der Waals surface area (Å²) in [6, 6.07) is 1.75. The van der Waals surface area contributed by atoms with Gasteiger partial charge in [0.2, 0.25) is 10.0 Å². The van der Waals surface area contributed by atoms with Gasteiger partial charge in [-0.05, 0) is 36.8 Å². The van der Waals surface area contributed by atoms with E-state index in [0.717, 1.165) is 17.8 Å². The normalized spacial score (nSPS) is 16.6. The molecule has 1 aromatic heterocycles. The summed E-state index contributed by atoms with van der Waals surface area (Å²) >= 11 is 1.10. The first-order chi connectivity index (χ1) is 8.09. The molecule has 0 radical (unpaired) electrons. The number of hydrogen-bond acceptors (Lipinski definition) is 4. The summed E-state index contributed by atoms with van der Waals surface area (Å²) < 4.78 is 23.3. The standard InChI is InChI=1S/C12H21NO3S2/c1-5-8(2)10(12(3,4)14)9-6-7-17-11(9)18(13,15)16/h6-8,10,14H,5H2,1-4H3,(H2,13,15,16)/t8-,10-/m0/s1. The van der Waals surface area contributed by atoms with Gasteiger partial charge < -0.3 is 5.11 Å². The monoisotopic (exact) mass is 291 g/mol. The summed E-state index contributed by atoms with van der Waals surface area (Å²) in [4.78, 5) is 0. The average molecular weight is 291 g/mol. The molecule has 1 aromatic rings. The third-order valence-electron chi connectivity index (χ3n) is 3.23. The smallest absolute Gasteiger partial charge is 0.247 e. The van der Waals surface area contributed by atoms with Gasteiger partial charge in [-0.25, -0.2) is 13.6 Å². The van der Waals surface area contributed by atoms with E-state index in [1.165, 1.54) is 0 Å². The zero-order valence-electron chi connectivity index (χ0n) is 11.2. The number of rotatable bonds is 5. The molecular formula is C12H21NO3S2. The maximum absolute atomic E-state index is 11.6. The Hall–Kier alpha value is -0.430. The largest absolute Gasteiger partial charge is 0.390 e. The Bertz CT molecular complexity index is 500. The van der Waals surface area contributed by atoms with Gasteiger partial charge in [0.1, 0.15) is 4.21 Å². The van der Waals surface area contributed by atoms with E-state index in [-0.39, 0.29) is 16.0 Å². The van der Waals surface area contributed by atoms with E-state index in [1.54, 1.807) is 25.3 Å². The van der Waals surface area contributed by atoms with Crippen molar-refractivity contribution in [3.8, 4) is 0 Å². The molecule has 1 rings (SSSR count). The number of sulfonamides is 1. The second-order valence-corrected chi connectivity index (χ2v) is 7.90. The number of nitrogens with two attached hydrogens (primary N) is 1. The molecule has 0 amide bonds. The van der Waals surface area contributed by atoms with Gasteiger partial charge >= 0.3 is 0 Å². The molecular weight excluding hydrogens is 270 g/mol. The first kappa shape index (κ1) is 15.6. The van der Waals surface area contributed by atoms with Crippen molar-refractivity contribution in [1.29, 1.82) is 0 Å². The topological polar surface area (TPSA) is 80.4 Å². The van der Waals surface area contributed by atoms with E-state index in [4.69, 9.17) is 5.14 Å². The average Bonchev–Trinajstić information content (AvgIpc) is 2.63. The predicted octanol–water partition coefficient (Wildman–Crippen LogP) is 2.30. The van der Waals surface area contributed by atoms with Crippen LogP contribution >= 0.6 is 11.3 Å². The van der Waals surface area contributed by atoms with Crippen molar-refractivity contribution >= 4 is 21.4 Å². The predicted molar refractivity (Wildman–Crippen MR) is 74.2 cm³/mol. The van der Waals surface area contributed by atoms with Crippen molar-refractivity contribution < 1.29 is 13.5 Å². The molecule has 0 aromatic carbocycles. The fourth-order valence-corrected chi connectivity index (χ4v) is 4.28. The highest BCUT2D eigenvalue weighted by atomic mass is 32.2. The molecule has 2 atom stereocenters. The lowest BCUT2D eigenvalue weighted by Gasteiger charge is -2.34. The quantitative estimate of drug-likeness (QED) is 0.873. The summed E-state index contributed by atoms with van der Waals surface area (Å²) in [7, 11) is -3.73. The molecule has 104 valence electrons. The van der Waals surface area contributed by atoms with Crippen molar-refractivity contribution in [2.45, 2.75) is 49.8 Å². The highest BCUT2D eigenvalue weighted by Gasteiger charge is 2.36. The van der Waals surface area contributed by atoms with Crippen LogP contribution in [0.1, 0.15) is 45.6 Å². The first-order valence-electron chi connectivity index (χ1n) is 5.91. The molecule has 0 aliphatic heterocycles. The molecule has 0 aliphatic carbocycles. The lowest BCUT2D eigenvalue weighted by atomic mass is 9.76. The highest BCUT2D eigenvalue weighted by molar-refractivity contribution is 7.91. The molecule has 0 fully saturated rings. The third kappa shape index (κ3) is 3.32. The van der Waals surface area contributed by atoms with Crippen LogP contribution in [0.5, 0.6) is 0 Å². The van der Waals surface area contributed by atoms with E-state index in [2.05, 4.69) is 0 Å². The highest BCUT2D eigenvalue weighted by Crippen LogP contribution is 2.41. The minimum absolute atomic E-state index is 0.162. The van der Waals surface area contributed by atoms with Gasteiger partial charge in [-0.1, -0.05) is 20.3 Å². The van der Waals surface area contributed by atoms with Gasteiger partial charge in [0, 0.05) is 5.92 Å². The number of hydrogen-bond donors (Lipinski definition) is 2. The van der Waals surface area contributed by atoms with Crippen LogP contribution in [0.2, 0.25) is 0 Å². The number of aliphatic hydroxyl groups is 1. The minimum atomic E-state index is -3.73. The van der Waals surface area contributed by atoms with Crippen LogP contribution in [0.25, 0.3) is 0 Å². The molecule has 1 heterocycles. The van der Waals surface area contributed by atoms with Crippen molar-refractivity contribution in [2.75, 3.05) is 0 Å². The van der Waals surface area contributed by atoms with E-state index in [9.17, 15) is 13.5 Å². The van der Waals surface area contributed by atoms with Gasteiger partial charge in [0.05, 0.1) is 5.60 Å². The molecule has 0 saturated carbocycles. The first-order valence-corrected chi connectivity index (χ1v) is 8.34. The molecule has 3 N–H and O–H groups in total. The fraction of sp³-hybridized carbons (Fsp3) is 0.667. The van der Waals surface area contributed by atoms with E-state index < -0.39 is 15.6 Å². The molecule has 0 spiro atoms. The Morgan fingerprint density at radius 2 is 2.06 bits per heavy atom. The molecule has 18 heavy (non-hydrogen) atoms. The Labute approximate surface area is 113 Å². The number of primary sulfonamides is 1. The van der Waals surface area contributed by atoms with E-state index in [1.807, 2.05) is 13.8 Å². The van der Waals surface area contributed by atoms with Crippen LogP contribution in [0.4, 0.5) is 0 Å². The maximum atomic E-state index is 11.6. The maximum Gasteiger partial charge on any atom is 0.247 e. The van der Waals surface area contributed by atoms with Gasteiger partial charge in [-0.3, -0.25) is 0 Å². The Morgan fingerprint density at radius 3 is 2.44 bits per heavy atom. The van der Waals surface area contributed by atoms with Crippen LogP contribution in [0.15, 0.2) is 15.7 Å². The summed E-state index contributed by atoms with van der Waals surface area (Å²) in [6.45, 7) is 7.43. The third-order valence-corrected chi connectivity index (χ3v) is 5.69. The fourth-order valence-electron chi connectivity index (χ4n) is 2.39. The molecule has 0 aliphatic rings.